The van der Waals surface area contributed by atoms with Gasteiger partial charge >= 0.3 is 0 Å². The number of nitrogens with zero attached hydrogens (tertiary/aromatic N) is 1. The number of halogens is 2. The van der Waals surface area contributed by atoms with E-state index in [1.807, 2.05) is 0 Å². The van der Waals surface area contributed by atoms with Crippen LogP contribution in [-0.2, 0) is 13.2 Å². The van der Waals surface area contributed by atoms with Gasteiger partial charge in [-0.25, -0.2) is 8.78 Å². The van der Waals surface area contributed by atoms with Gasteiger partial charge in [0.25, 0.3) is 0 Å². The van der Waals surface area contributed by atoms with E-state index >= 15 is 0 Å². The van der Waals surface area contributed by atoms with Crippen LogP contribution in [0.15, 0.2) is 35.9 Å². The Hall–Kier alpha value is -2.71. The van der Waals surface area contributed by atoms with Crippen LogP contribution < -0.4 is 4.74 Å². The van der Waals surface area contributed by atoms with Crippen molar-refractivity contribution in [3.05, 3.63) is 69.8 Å². The number of allylic oxidation sites excluding steroid dienone is 1. The normalized spacial score (nSPS) is 14.9. The summed E-state index contributed by atoms with van der Waals surface area (Å²) in [4.78, 5) is 0. The first kappa shape index (κ1) is 15.2. The highest BCUT2D eigenvalue weighted by Gasteiger charge is 2.23. The molecule has 2 aromatic carbocycles. The summed E-state index contributed by atoms with van der Waals surface area (Å²) >= 11 is 0. The van der Waals surface area contributed by atoms with Gasteiger partial charge < -0.3 is 9.84 Å². The molecular weight excluding hydrogens is 300 g/mol. The molecule has 3 nitrogen and oxygen atoms in total. The van der Waals surface area contributed by atoms with E-state index in [4.69, 9.17) is 4.74 Å². The predicted octanol–water partition coefficient (Wildman–Crippen LogP) is 3.69. The van der Waals surface area contributed by atoms with Crippen molar-refractivity contribution in [1.82, 2.24) is 0 Å². The highest BCUT2D eigenvalue weighted by molar-refractivity contribution is 5.88. The van der Waals surface area contributed by atoms with Crippen LogP contribution >= 0.6 is 0 Å². The average Bonchev–Trinajstić information content (AvgIpc) is 2.71. The molecule has 0 bridgehead atoms. The van der Waals surface area contributed by atoms with E-state index in [1.54, 1.807) is 25.1 Å². The molecule has 0 aliphatic carbocycles. The zero-order valence-corrected chi connectivity index (χ0v) is 12.4. The molecule has 2 aromatic rings. The number of rotatable bonds is 1. The minimum atomic E-state index is -1.00. The fraction of sp³-hybridized carbons (Fsp3) is 0.167. The molecule has 3 rings (SSSR count). The highest BCUT2D eigenvalue weighted by Crippen LogP contribution is 2.39. The number of benzene rings is 2. The van der Waals surface area contributed by atoms with Gasteiger partial charge in [-0.2, -0.15) is 5.26 Å². The zero-order chi connectivity index (χ0) is 16.6. The second kappa shape index (κ2) is 5.82. The quantitative estimate of drug-likeness (QED) is 0.817. The fourth-order valence-corrected chi connectivity index (χ4v) is 2.71. The van der Waals surface area contributed by atoms with Crippen LogP contribution in [0.25, 0.3) is 5.57 Å². The van der Waals surface area contributed by atoms with E-state index in [0.717, 1.165) is 17.7 Å². The summed E-state index contributed by atoms with van der Waals surface area (Å²) in [5, 5.41) is 18.6. The SMILES string of the molecule is C/C(C#N)=C1/c2ccc(CO)cc2COc2cc(F)c(F)cc21. The second-order valence-corrected chi connectivity index (χ2v) is 5.31. The Labute approximate surface area is 132 Å². The number of ether oxygens (including phenoxy) is 1. The predicted molar refractivity (Wildman–Crippen MR) is 80.4 cm³/mol. The lowest BCUT2D eigenvalue weighted by atomic mass is 9.90. The molecule has 0 radical (unpaired) electrons. The summed E-state index contributed by atoms with van der Waals surface area (Å²) in [5.74, 6) is -1.80. The van der Waals surface area contributed by atoms with Crippen LogP contribution in [0.3, 0.4) is 0 Å². The Morgan fingerprint density at radius 3 is 2.65 bits per heavy atom. The third kappa shape index (κ3) is 2.58. The molecule has 0 amide bonds. The number of nitriles is 1. The molecule has 0 unspecified atom stereocenters. The van der Waals surface area contributed by atoms with Crippen molar-refractivity contribution in [3.63, 3.8) is 0 Å². The van der Waals surface area contributed by atoms with E-state index in [0.29, 0.717) is 27.8 Å². The van der Waals surface area contributed by atoms with Crippen molar-refractivity contribution in [1.29, 1.82) is 5.26 Å². The maximum atomic E-state index is 13.7. The first-order valence-corrected chi connectivity index (χ1v) is 7.01. The molecule has 0 spiro atoms. The smallest absolute Gasteiger partial charge is 0.162 e. The molecular formula is C18H13F2NO2. The van der Waals surface area contributed by atoms with Crippen LogP contribution in [0.2, 0.25) is 0 Å². The molecule has 1 aliphatic heterocycles. The molecule has 0 aromatic heterocycles. The molecule has 0 saturated carbocycles. The van der Waals surface area contributed by atoms with E-state index in [1.165, 1.54) is 0 Å². The molecule has 0 fully saturated rings. The lowest BCUT2D eigenvalue weighted by molar-refractivity contribution is 0.280. The monoisotopic (exact) mass is 313 g/mol. The van der Waals surface area contributed by atoms with Crippen LogP contribution in [0.4, 0.5) is 8.78 Å². The highest BCUT2D eigenvalue weighted by atomic mass is 19.2. The maximum Gasteiger partial charge on any atom is 0.162 e. The van der Waals surface area contributed by atoms with E-state index in [9.17, 15) is 19.1 Å². The van der Waals surface area contributed by atoms with E-state index in [2.05, 4.69) is 6.07 Å². The van der Waals surface area contributed by atoms with Crippen molar-refractivity contribution >= 4 is 5.57 Å². The summed E-state index contributed by atoms with van der Waals surface area (Å²) in [5.41, 5.74) is 3.39. The van der Waals surface area contributed by atoms with Crippen LogP contribution in [0.1, 0.15) is 29.2 Å². The first-order valence-electron chi connectivity index (χ1n) is 7.01. The van der Waals surface area contributed by atoms with Gasteiger partial charge in [0.2, 0.25) is 0 Å². The number of aliphatic hydroxyl groups is 1. The number of fused-ring (bicyclic) bond motifs is 2. The van der Waals surface area contributed by atoms with Gasteiger partial charge in [0.05, 0.1) is 12.7 Å². The summed E-state index contributed by atoms with van der Waals surface area (Å²) < 4.78 is 32.8. The molecule has 116 valence electrons. The summed E-state index contributed by atoms with van der Waals surface area (Å²) in [7, 11) is 0. The summed E-state index contributed by atoms with van der Waals surface area (Å²) in [6.07, 6.45) is 0. The van der Waals surface area contributed by atoms with Crippen molar-refractivity contribution in [2.75, 3.05) is 0 Å². The van der Waals surface area contributed by atoms with Crippen LogP contribution in [-0.4, -0.2) is 5.11 Å². The Morgan fingerprint density at radius 1 is 1.22 bits per heavy atom. The molecule has 1 N–H and O–H groups in total. The van der Waals surface area contributed by atoms with Gasteiger partial charge in [-0.15, -0.1) is 0 Å². The molecule has 1 heterocycles. The third-order valence-electron chi connectivity index (χ3n) is 3.84. The molecule has 5 heteroatoms. The van der Waals surface area contributed by atoms with Crippen LogP contribution in [0, 0.1) is 23.0 Å². The van der Waals surface area contributed by atoms with Gasteiger partial charge in [-0.3, -0.25) is 0 Å². The van der Waals surface area contributed by atoms with Crippen molar-refractivity contribution < 1.29 is 18.6 Å². The lowest BCUT2D eigenvalue weighted by Crippen LogP contribution is -1.98. The molecule has 1 aliphatic rings. The van der Waals surface area contributed by atoms with Crippen molar-refractivity contribution in [2.24, 2.45) is 0 Å². The van der Waals surface area contributed by atoms with Gasteiger partial charge in [-0.05, 0) is 35.7 Å². The first-order chi connectivity index (χ1) is 11.0. The van der Waals surface area contributed by atoms with Crippen molar-refractivity contribution in [3.8, 4) is 11.8 Å². The third-order valence-corrected chi connectivity index (χ3v) is 3.84. The number of aliphatic hydroxyl groups excluding tert-OH is 1. The average molecular weight is 313 g/mol. The number of hydrogen-bond acceptors (Lipinski definition) is 3. The van der Waals surface area contributed by atoms with Gasteiger partial charge in [0, 0.05) is 22.8 Å². The number of hydrogen-bond donors (Lipinski definition) is 1. The Kier molecular flexibility index (Phi) is 3.85. The Bertz CT molecular complexity index is 866. The molecule has 0 atom stereocenters. The lowest BCUT2D eigenvalue weighted by Gasteiger charge is -2.12. The largest absolute Gasteiger partial charge is 0.488 e. The Morgan fingerprint density at radius 2 is 1.96 bits per heavy atom. The maximum absolute atomic E-state index is 13.7. The minimum absolute atomic E-state index is 0.125. The van der Waals surface area contributed by atoms with E-state index in [-0.39, 0.29) is 19.0 Å². The van der Waals surface area contributed by atoms with Gasteiger partial charge in [0.1, 0.15) is 12.4 Å². The topological polar surface area (TPSA) is 53.2 Å². The second-order valence-electron chi connectivity index (χ2n) is 5.31. The summed E-state index contributed by atoms with van der Waals surface area (Å²) in [6.45, 7) is 1.64. The molecule has 23 heavy (non-hydrogen) atoms. The van der Waals surface area contributed by atoms with Gasteiger partial charge in [0.15, 0.2) is 11.6 Å². The fourth-order valence-electron chi connectivity index (χ4n) is 2.71. The van der Waals surface area contributed by atoms with Crippen molar-refractivity contribution in [2.45, 2.75) is 20.1 Å². The van der Waals surface area contributed by atoms with Crippen LogP contribution in [0.5, 0.6) is 5.75 Å². The molecule has 0 saturated heterocycles. The summed E-state index contributed by atoms with van der Waals surface area (Å²) in [6, 6.07) is 9.36. The zero-order valence-electron chi connectivity index (χ0n) is 12.4. The van der Waals surface area contributed by atoms with E-state index < -0.39 is 11.6 Å². The minimum Gasteiger partial charge on any atom is -0.488 e. The van der Waals surface area contributed by atoms with Gasteiger partial charge in [-0.1, -0.05) is 12.1 Å². The Balaban J connectivity index is 2.33. The standard InChI is InChI=1S/C18H13F2NO2/c1-10(7-21)18-13-3-2-11(8-22)4-12(13)9-23-17-6-16(20)15(19)5-14(17)18/h2-6,22H,8-9H2,1H3/b18-10+.